The van der Waals surface area contributed by atoms with Crippen LogP contribution in [0, 0.1) is 5.82 Å². The lowest BCUT2D eigenvalue weighted by atomic mass is 9.86. The summed E-state index contributed by atoms with van der Waals surface area (Å²) in [6.45, 7) is 1.88. The molecule has 7 heteroatoms. The lowest BCUT2D eigenvalue weighted by Gasteiger charge is -2.36. The van der Waals surface area contributed by atoms with Crippen LogP contribution in [0.3, 0.4) is 0 Å². The summed E-state index contributed by atoms with van der Waals surface area (Å²) in [6, 6.07) is 10.2. The molecule has 1 saturated carbocycles. The van der Waals surface area contributed by atoms with E-state index in [1.54, 1.807) is 0 Å². The summed E-state index contributed by atoms with van der Waals surface area (Å²) in [4.78, 5) is 12.2. The van der Waals surface area contributed by atoms with Crippen LogP contribution < -0.4 is 20.1 Å². The average molecular weight is 391 g/mol. The quantitative estimate of drug-likeness (QED) is 0.822. The first kappa shape index (κ1) is 18.1. The standard InChI is InChI=1S/C20H20ClFN2O3/c21-14-6-13(7-15(22)8-14)20(25)24-17-9-16(10-17)23-11-12-1-2-18-19(5-12)27-4-3-26-18/h1-2,5-8,16-17,23H,3-4,9-11H2,(H,24,25). The molecule has 1 aliphatic heterocycles. The van der Waals surface area contributed by atoms with Gasteiger partial charge in [-0.05, 0) is 48.7 Å². The van der Waals surface area contributed by atoms with Crippen LogP contribution in [0.1, 0.15) is 28.8 Å². The highest BCUT2D eigenvalue weighted by Gasteiger charge is 2.30. The SMILES string of the molecule is O=C(NC1CC(NCc2ccc3c(c2)OCCO3)C1)c1cc(F)cc(Cl)c1. The second kappa shape index (κ2) is 7.74. The van der Waals surface area contributed by atoms with Gasteiger partial charge in [0.1, 0.15) is 19.0 Å². The number of benzene rings is 2. The maximum atomic E-state index is 13.4. The maximum Gasteiger partial charge on any atom is 0.251 e. The van der Waals surface area contributed by atoms with E-state index in [9.17, 15) is 9.18 Å². The maximum absolute atomic E-state index is 13.4. The van der Waals surface area contributed by atoms with Crippen molar-refractivity contribution in [1.29, 1.82) is 0 Å². The number of carbonyl (C=O) groups excluding carboxylic acids is 1. The fraction of sp³-hybridized carbons (Fsp3) is 0.350. The zero-order valence-electron chi connectivity index (χ0n) is 14.6. The molecule has 27 heavy (non-hydrogen) atoms. The third-order valence-electron chi connectivity index (χ3n) is 4.80. The second-order valence-corrected chi connectivity index (χ2v) is 7.29. The molecule has 1 amide bonds. The van der Waals surface area contributed by atoms with Crippen LogP contribution in [0.25, 0.3) is 0 Å². The molecule has 0 saturated heterocycles. The summed E-state index contributed by atoms with van der Waals surface area (Å²) in [5, 5.41) is 6.61. The molecule has 1 aliphatic carbocycles. The zero-order chi connectivity index (χ0) is 18.8. The molecule has 0 radical (unpaired) electrons. The molecule has 0 atom stereocenters. The Bertz CT molecular complexity index is 835. The first-order valence-corrected chi connectivity index (χ1v) is 9.33. The molecule has 2 aliphatic rings. The highest BCUT2D eigenvalue weighted by atomic mass is 35.5. The minimum atomic E-state index is -0.514. The van der Waals surface area contributed by atoms with Gasteiger partial charge < -0.3 is 20.1 Å². The van der Waals surface area contributed by atoms with Crippen LogP contribution in [0.5, 0.6) is 11.5 Å². The van der Waals surface area contributed by atoms with E-state index in [1.165, 1.54) is 18.2 Å². The molecule has 2 N–H and O–H groups in total. The van der Waals surface area contributed by atoms with E-state index < -0.39 is 5.82 Å². The predicted molar refractivity (Wildman–Crippen MR) is 100.0 cm³/mol. The molecule has 1 fully saturated rings. The Morgan fingerprint density at radius 2 is 1.85 bits per heavy atom. The van der Waals surface area contributed by atoms with Crippen LogP contribution >= 0.6 is 11.6 Å². The molecule has 4 rings (SSSR count). The molecular formula is C20H20ClFN2O3. The Morgan fingerprint density at radius 3 is 2.63 bits per heavy atom. The summed E-state index contributed by atoms with van der Waals surface area (Å²) in [5.74, 6) is 0.758. The summed E-state index contributed by atoms with van der Waals surface area (Å²) in [7, 11) is 0. The Labute approximate surface area is 161 Å². The topological polar surface area (TPSA) is 59.6 Å². The molecule has 0 spiro atoms. The molecule has 5 nitrogen and oxygen atoms in total. The number of fused-ring (bicyclic) bond motifs is 1. The molecule has 2 aromatic rings. The van der Waals surface area contributed by atoms with Gasteiger partial charge in [0.25, 0.3) is 5.91 Å². The minimum Gasteiger partial charge on any atom is -0.486 e. The average Bonchev–Trinajstić information content (AvgIpc) is 2.62. The smallest absolute Gasteiger partial charge is 0.251 e. The first-order valence-electron chi connectivity index (χ1n) is 8.96. The molecule has 0 unspecified atom stereocenters. The number of rotatable bonds is 5. The molecule has 0 bridgehead atoms. The van der Waals surface area contributed by atoms with Crippen LogP contribution in [0.15, 0.2) is 36.4 Å². The van der Waals surface area contributed by atoms with E-state index in [4.69, 9.17) is 21.1 Å². The third kappa shape index (κ3) is 4.34. The molecule has 2 aromatic carbocycles. The zero-order valence-corrected chi connectivity index (χ0v) is 15.4. The fourth-order valence-electron chi connectivity index (χ4n) is 3.32. The van der Waals surface area contributed by atoms with Crippen molar-refractivity contribution in [3.8, 4) is 11.5 Å². The van der Waals surface area contributed by atoms with Crippen molar-refractivity contribution >= 4 is 17.5 Å². The number of carbonyl (C=O) groups is 1. The van der Waals surface area contributed by atoms with Crippen molar-refractivity contribution in [2.24, 2.45) is 0 Å². The highest BCUT2D eigenvalue weighted by molar-refractivity contribution is 6.31. The number of ether oxygens (including phenoxy) is 2. The Morgan fingerprint density at radius 1 is 1.07 bits per heavy atom. The fourth-order valence-corrected chi connectivity index (χ4v) is 3.54. The Hall–Kier alpha value is -2.31. The van der Waals surface area contributed by atoms with Gasteiger partial charge in [0.2, 0.25) is 0 Å². The van der Waals surface area contributed by atoms with Crippen LogP contribution in [0.4, 0.5) is 4.39 Å². The summed E-state index contributed by atoms with van der Waals surface area (Å²) in [5.41, 5.74) is 1.37. The number of halogens is 2. The first-order chi connectivity index (χ1) is 13.1. The summed E-state index contributed by atoms with van der Waals surface area (Å²) in [6.07, 6.45) is 1.67. The van der Waals surface area contributed by atoms with E-state index in [0.29, 0.717) is 19.3 Å². The molecule has 1 heterocycles. The molecular weight excluding hydrogens is 371 g/mol. The van der Waals surface area contributed by atoms with Crippen molar-refractivity contribution in [1.82, 2.24) is 10.6 Å². The van der Waals surface area contributed by atoms with Gasteiger partial charge in [-0.3, -0.25) is 4.79 Å². The Kier molecular flexibility index (Phi) is 5.18. The van der Waals surface area contributed by atoms with Crippen molar-refractivity contribution < 1.29 is 18.7 Å². The van der Waals surface area contributed by atoms with Gasteiger partial charge in [-0.15, -0.1) is 0 Å². The van der Waals surface area contributed by atoms with Crippen molar-refractivity contribution in [2.75, 3.05) is 13.2 Å². The normalized spacial score (nSPS) is 20.7. The van der Waals surface area contributed by atoms with E-state index in [1.807, 2.05) is 18.2 Å². The number of nitrogens with one attached hydrogen (secondary N) is 2. The van der Waals surface area contributed by atoms with Crippen molar-refractivity contribution in [2.45, 2.75) is 31.5 Å². The number of hydrogen-bond donors (Lipinski definition) is 2. The minimum absolute atomic E-state index is 0.0808. The number of amides is 1. The van der Waals surface area contributed by atoms with Gasteiger partial charge in [0.05, 0.1) is 0 Å². The van der Waals surface area contributed by atoms with Crippen LogP contribution in [0.2, 0.25) is 5.02 Å². The van der Waals surface area contributed by atoms with Gasteiger partial charge in [0, 0.05) is 29.2 Å². The van der Waals surface area contributed by atoms with Gasteiger partial charge in [-0.1, -0.05) is 17.7 Å². The second-order valence-electron chi connectivity index (χ2n) is 6.86. The van der Waals surface area contributed by atoms with Crippen molar-refractivity contribution in [3.63, 3.8) is 0 Å². The van der Waals surface area contributed by atoms with Gasteiger partial charge in [0.15, 0.2) is 11.5 Å². The van der Waals surface area contributed by atoms with Gasteiger partial charge in [-0.2, -0.15) is 0 Å². The predicted octanol–water partition coefficient (Wildman–Crippen LogP) is 3.30. The largest absolute Gasteiger partial charge is 0.486 e. The van der Waals surface area contributed by atoms with E-state index >= 15 is 0 Å². The van der Waals surface area contributed by atoms with E-state index in [2.05, 4.69) is 10.6 Å². The van der Waals surface area contributed by atoms with E-state index in [0.717, 1.165) is 36.4 Å². The monoisotopic (exact) mass is 390 g/mol. The lowest BCUT2D eigenvalue weighted by molar-refractivity contribution is 0.0901. The van der Waals surface area contributed by atoms with Gasteiger partial charge >= 0.3 is 0 Å². The summed E-state index contributed by atoms with van der Waals surface area (Å²) >= 11 is 5.80. The van der Waals surface area contributed by atoms with Gasteiger partial charge in [-0.25, -0.2) is 4.39 Å². The third-order valence-corrected chi connectivity index (χ3v) is 5.02. The Balaban J connectivity index is 1.23. The summed E-state index contributed by atoms with van der Waals surface area (Å²) < 4.78 is 24.5. The number of hydrogen-bond acceptors (Lipinski definition) is 4. The van der Waals surface area contributed by atoms with Crippen LogP contribution in [-0.4, -0.2) is 31.2 Å². The van der Waals surface area contributed by atoms with Crippen molar-refractivity contribution in [3.05, 3.63) is 58.4 Å². The lowest BCUT2D eigenvalue weighted by Crippen LogP contribution is -2.52. The van der Waals surface area contributed by atoms with E-state index in [-0.39, 0.29) is 22.5 Å². The van der Waals surface area contributed by atoms with Crippen LogP contribution in [-0.2, 0) is 6.54 Å². The molecule has 142 valence electrons. The molecule has 0 aromatic heterocycles. The highest BCUT2D eigenvalue weighted by Crippen LogP contribution is 2.31.